The highest BCUT2D eigenvalue weighted by molar-refractivity contribution is 6.04. The number of hydrogen-bond donors (Lipinski definition) is 3. The molecule has 0 saturated heterocycles. The number of aryl methyl sites for hydroxylation is 2. The number of hydrogen-bond acceptors (Lipinski definition) is 3. The zero-order valence-electron chi connectivity index (χ0n) is 17.2. The van der Waals surface area contributed by atoms with Crippen molar-refractivity contribution < 1.29 is 4.79 Å². The third-order valence-electron chi connectivity index (χ3n) is 5.70. The average Bonchev–Trinajstić information content (AvgIpc) is 3.35. The molecule has 0 unspecified atom stereocenters. The SMILES string of the molecule is Cc1ccc2[nH]c3c(=O)n(CCC(=O)NCCc4c[nH]c5ccccc45)cnc3c2c1. The summed E-state index contributed by atoms with van der Waals surface area (Å²) in [6, 6.07) is 14.1. The van der Waals surface area contributed by atoms with Gasteiger partial charge in [0.2, 0.25) is 5.91 Å². The number of H-pyrrole nitrogens is 2. The molecule has 0 aliphatic carbocycles. The predicted molar refractivity (Wildman–Crippen MR) is 122 cm³/mol. The van der Waals surface area contributed by atoms with Gasteiger partial charge in [0.05, 0.1) is 6.33 Å². The fourth-order valence-corrected chi connectivity index (χ4v) is 4.05. The Hall–Kier alpha value is -3.87. The minimum atomic E-state index is -0.162. The van der Waals surface area contributed by atoms with E-state index in [2.05, 4.69) is 26.3 Å². The second-order valence-corrected chi connectivity index (χ2v) is 7.85. The largest absolute Gasteiger partial charge is 0.361 e. The van der Waals surface area contributed by atoms with Gasteiger partial charge < -0.3 is 15.3 Å². The smallest absolute Gasteiger partial charge is 0.277 e. The van der Waals surface area contributed by atoms with E-state index in [0.29, 0.717) is 17.6 Å². The van der Waals surface area contributed by atoms with Crippen molar-refractivity contribution in [3.05, 3.63) is 76.5 Å². The summed E-state index contributed by atoms with van der Waals surface area (Å²) in [5.74, 6) is -0.0842. The predicted octanol–water partition coefficient (Wildman–Crippen LogP) is 3.42. The number of carbonyl (C=O) groups is 1. The van der Waals surface area contributed by atoms with Gasteiger partial charge in [-0.2, -0.15) is 0 Å². The normalized spacial score (nSPS) is 11.5. The number of nitrogens with one attached hydrogen (secondary N) is 3. The van der Waals surface area contributed by atoms with Crippen LogP contribution in [0.5, 0.6) is 0 Å². The van der Waals surface area contributed by atoms with E-state index in [0.717, 1.165) is 28.4 Å². The van der Waals surface area contributed by atoms with Crippen molar-refractivity contribution in [2.24, 2.45) is 0 Å². The molecule has 7 nitrogen and oxygen atoms in total. The summed E-state index contributed by atoms with van der Waals surface area (Å²) in [6.45, 7) is 2.85. The van der Waals surface area contributed by atoms with Crippen molar-refractivity contribution in [3.63, 3.8) is 0 Å². The van der Waals surface area contributed by atoms with E-state index < -0.39 is 0 Å². The molecule has 0 aliphatic heterocycles. The lowest BCUT2D eigenvalue weighted by Gasteiger charge is -2.07. The fraction of sp³-hybridized carbons (Fsp3) is 0.208. The molecule has 0 saturated carbocycles. The Morgan fingerprint density at radius 1 is 1.13 bits per heavy atom. The first-order valence-corrected chi connectivity index (χ1v) is 10.4. The van der Waals surface area contributed by atoms with E-state index >= 15 is 0 Å². The van der Waals surface area contributed by atoms with Crippen LogP contribution in [0.1, 0.15) is 17.5 Å². The molecule has 0 fully saturated rings. The lowest BCUT2D eigenvalue weighted by atomic mass is 10.1. The molecule has 2 aromatic carbocycles. The number of aromatic amines is 2. The van der Waals surface area contributed by atoms with Crippen LogP contribution in [0.4, 0.5) is 0 Å². The molecule has 0 aliphatic rings. The maximum atomic E-state index is 12.8. The molecule has 5 aromatic rings. The van der Waals surface area contributed by atoms with Crippen molar-refractivity contribution in [1.82, 2.24) is 24.8 Å². The van der Waals surface area contributed by atoms with Gasteiger partial charge in [0.25, 0.3) is 5.56 Å². The first-order valence-electron chi connectivity index (χ1n) is 10.4. The number of fused-ring (bicyclic) bond motifs is 4. The van der Waals surface area contributed by atoms with Crippen LogP contribution in [0, 0.1) is 6.92 Å². The molecule has 5 rings (SSSR count). The first kappa shape index (κ1) is 19.1. The molecule has 0 atom stereocenters. The number of aromatic nitrogens is 4. The molecule has 3 N–H and O–H groups in total. The van der Waals surface area contributed by atoms with Crippen LogP contribution < -0.4 is 10.9 Å². The summed E-state index contributed by atoms with van der Waals surface area (Å²) in [7, 11) is 0. The van der Waals surface area contributed by atoms with Crippen LogP contribution in [0.2, 0.25) is 0 Å². The number of benzene rings is 2. The Bertz CT molecular complexity index is 1470. The van der Waals surface area contributed by atoms with Gasteiger partial charge in [0, 0.05) is 47.5 Å². The van der Waals surface area contributed by atoms with Crippen molar-refractivity contribution in [3.8, 4) is 0 Å². The van der Waals surface area contributed by atoms with Crippen LogP contribution in [0.25, 0.3) is 32.8 Å². The molecule has 3 aromatic heterocycles. The molecule has 156 valence electrons. The minimum absolute atomic E-state index is 0.0842. The molecular weight excluding hydrogens is 390 g/mol. The van der Waals surface area contributed by atoms with E-state index in [1.54, 1.807) is 0 Å². The Morgan fingerprint density at radius 2 is 2.00 bits per heavy atom. The summed E-state index contributed by atoms with van der Waals surface area (Å²) >= 11 is 0. The van der Waals surface area contributed by atoms with Gasteiger partial charge in [-0.15, -0.1) is 0 Å². The second kappa shape index (κ2) is 7.75. The van der Waals surface area contributed by atoms with Crippen LogP contribution in [-0.4, -0.2) is 32.0 Å². The highest BCUT2D eigenvalue weighted by Crippen LogP contribution is 2.22. The quantitative estimate of drug-likeness (QED) is 0.398. The van der Waals surface area contributed by atoms with Crippen molar-refractivity contribution in [2.75, 3.05) is 6.54 Å². The maximum absolute atomic E-state index is 12.8. The average molecular weight is 413 g/mol. The van der Waals surface area contributed by atoms with Crippen molar-refractivity contribution >= 4 is 38.7 Å². The zero-order valence-corrected chi connectivity index (χ0v) is 17.2. The van der Waals surface area contributed by atoms with Gasteiger partial charge >= 0.3 is 0 Å². The number of amides is 1. The molecule has 0 radical (unpaired) electrons. The van der Waals surface area contributed by atoms with E-state index in [1.165, 1.54) is 21.8 Å². The third kappa shape index (κ3) is 3.59. The standard InChI is InChI=1S/C24H23N5O2/c1-15-6-7-20-18(12-15)22-23(28-20)24(31)29(14-27-22)11-9-21(30)25-10-8-16-13-26-19-5-3-2-4-17(16)19/h2-7,12-14,26,28H,8-11H2,1H3,(H,25,30). The summed E-state index contributed by atoms with van der Waals surface area (Å²) in [5, 5.41) is 5.06. The zero-order chi connectivity index (χ0) is 21.4. The third-order valence-corrected chi connectivity index (χ3v) is 5.70. The fourth-order valence-electron chi connectivity index (χ4n) is 4.05. The van der Waals surface area contributed by atoms with E-state index in [4.69, 9.17) is 0 Å². The maximum Gasteiger partial charge on any atom is 0.277 e. The molecule has 0 spiro atoms. The van der Waals surface area contributed by atoms with Crippen LogP contribution in [-0.2, 0) is 17.8 Å². The number of carbonyl (C=O) groups excluding carboxylic acids is 1. The Kier molecular flexibility index (Phi) is 4.78. The van der Waals surface area contributed by atoms with Crippen molar-refractivity contribution in [1.29, 1.82) is 0 Å². The van der Waals surface area contributed by atoms with Crippen molar-refractivity contribution in [2.45, 2.75) is 26.3 Å². The second-order valence-electron chi connectivity index (χ2n) is 7.85. The van der Waals surface area contributed by atoms with Gasteiger partial charge in [-0.1, -0.05) is 29.8 Å². The molecular formula is C24H23N5O2. The molecule has 1 amide bonds. The van der Waals surface area contributed by atoms with Crippen LogP contribution in [0.3, 0.4) is 0 Å². The van der Waals surface area contributed by atoms with Crippen LogP contribution in [0.15, 0.2) is 59.8 Å². The van der Waals surface area contributed by atoms with Gasteiger partial charge in [-0.05, 0) is 37.1 Å². The Labute approximate surface area is 178 Å². The lowest BCUT2D eigenvalue weighted by molar-refractivity contribution is -0.121. The topological polar surface area (TPSA) is 95.6 Å². The van der Waals surface area contributed by atoms with E-state index in [-0.39, 0.29) is 24.4 Å². The molecule has 31 heavy (non-hydrogen) atoms. The monoisotopic (exact) mass is 413 g/mol. The Morgan fingerprint density at radius 3 is 2.90 bits per heavy atom. The van der Waals surface area contributed by atoms with E-state index in [9.17, 15) is 9.59 Å². The van der Waals surface area contributed by atoms with Gasteiger partial charge in [-0.25, -0.2) is 4.98 Å². The molecule has 0 bridgehead atoms. The summed E-state index contributed by atoms with van der Waals surface area (Å²) in [6.07, 6.45) is 4.48. The Balaban J connectivity index is 1.23. The minimum Gasteiger partial charge on any atom is -0.361 e. The van der Waals surface area contributed by atoms with E-state index in [1.807, 2.05) is 49.5 Å². The van der Waals surface area contributed by atoms with Gasteiger partial charge in [0.1, 0.15) is 11.0 Å². The summed E-state index contributed by atoms with van der Waals surface area (Å²) < 4.78 is 1.49. The van der Waals surface area contributed by atoms with Crippen LogP contribution >= 0.6 is 0 Å². The highest BCUT2D eigenvalue weighted by Gasteiger charge is 2.12. The number of rotatable bonds is 6. The summed E-state index contributed by atoms with van der Waals surface area (Å²) in [5.41, 5.74) is 5.26. The lowest BCUT2D eigenvalue weighted by Crippen LogP contribution is -2.29. The van der Waals surface area contributed by atoms with Gasteiger partial charge in [-0.3, -0.25) is 14.2 Å². The number of para-hydroxylation sites is 1. The molecule has 3 heterocycles. The molecule has 7 heteroatoms. The van der Waals surface area contributed by atoms with Gasteiger partial charge in [0.15, 0.2) is 0 Å². The first-order chi connectivity index (χ1) is 15.1. The number of nitrogens with zero attached hydrogens (tertiary/aromatic N) is 2. The highest BCUT2D eigenvalue weighted by atomic mass is 16.1. The summed E-state index contributed by atoms with van der Waals surface area (Å²) in [4.78, 5) is 36.0.